The average Bonchev–Trinajstić information content (AvgIpc) is 3.27. The number of Topliss-reactive ketones (excluding diaryl/α,β-unsaturated/α-hetero) is 1. The minimum atomic E-state index is -0.489. The summed E-state index contributed by atoms with van der Waals surface area (Å²) in [4.78, 5) is 26.9. The van der Waals surface area contributed by atoms with Crippen LogP contribution in [-0.2, 0) is 4.74 Å². The molecule has 0 saturated carbocycles. The average molecular weight is 424 g/mol. The molecule has 8 heteroatoms. The van der Waals surface area contributed by atoms with Crippen LogP contribution in [0, 0.1) is 11.7 Å². The summed E-state index contributed by atoms with van der Waals surface area (Å²) >= 11 is 0. The van der Waals surface area contributed by atoms with E-state index in [4.69, 9.17) is 4.74 Å². The molecular formula is C23H25FN4O3. The van der Waals surface area contributed by atoms with E-state index < -0.39 is 6.09 Å². The lowest BCUT2D eigenvalue weighted by Gasteiger charge is -2.31. The highest BCUT2D eigenvalue weighted by atomic mass is 19.1. The third-order valence-electron chi connectivity index (χ3n) is 5.66. The third-order valence-corrected chi connectivity index (χ3v) is 5.66. The van der Waals surface area contributed by atoms with Gasteiger partial charge in [-0.2, -0.15) is 5.10 Å². The third kappa shape index (κ3) is 5.27. The number of halogens is 1. The molecule has 1 aliphatic heterocycles. The topological polar surface area (TPSA) is 87.3 Å². The van der Waals surface area contributed by atoms with Gasteiger partial charge < -0.3 is 9.64 Å². The van der Waals surface area contributed by atoms with Crippen molar-refractivity contribution in [2.75, 3.05) is 31.6 Å². The number of anilines is 1. The van der Waals surface area contributed by atoms with E-state index in [0.717, 1.165) is 49.8 Å². The second kappa shape index (κ2) is 9.70. The summed E-state index contributed by atoms with van der Waals surface area (Å²) in [6, 6.07) is 11.3. The van der Waals surface area contributed by atoms with E-state index in [0.29, 0.717) is 17.9 Å². The van der Waals surface area contributed by atoms with Gasteiger partial charge in [-0.15, -0.1) is 0 Å². The minimum absolute atomic E-state index is 0.0191. The summed E-state index contributed by atoms with van der Waals surface area (Å²) in [5.41, 5.74) is 2.08. The van der Waals surface area contributed by atoms with Crippen molar-refractivity contribution in [2.45, 2.75) is 19.3 Å². The van der Waals surface area contributed by atoms with Gasteiger partial charge >= 0.3 is 6.09 Å². The van der Waals surface area contributed by atoms with Crippen LogP contribution in [0.25, 0.3) is 10.9 Å². The van der Waals surface area contributed by atoms with Crippen molar-refractivity contribution in [1.29, 1.82) is 0 Å². The molecule has 1 saturated heterocycles. The molecule has 2 aromatic carbocycles. The summed E-state index contributed by atoms with van der Waals surface area (Å²) in [5, 5.41) is 10.4. The predicted octanol–water partition coefficient (Wildman–Crippen LogP) is 4.24. The number of ether oxygens (including phenoxy) is 1. The van der Waals surface area contributed by atoms with Crippen LogP contribution >= 0.6 is 0 Å². The van der Waals surface area contributed by atoms with E-state index >= 15 is 0 Å². The fourth-order valence-corrected chi connectivity index (χ4v) is 3.94. The zero-order valence-electron chi connectivity index (χ0n) is 17.1. The van der Waals surface area contributed by atoms with Gasteiger partial charge in [0.25, 0.3) is 0 Å². The number of piperidine rings is 1. The smallest absolute Gasteiger partial charge is 0.411 e. The van der Waals surface area contributed by atoms with Crippen molar-refractivity contribution in [3.05, 3.63) is 60.0 Å². The van der Waals surface area contributed by atoms with Crippen molar-refractivity contribution in [2.24, 2.45) is 5.92 Å². The van der Waals surface area contributed by atoms with Crippen LogP contribution < -0.4 is 5.32 Å². The zero-order valence-corrected chi connectivity index (χ0v) is 17.1. The highest BCUT2D eigenvalue weighted by Gasteiger charge is 2.25. The number of nitrogens with zero attached hydrogens (tertiary/aromatic N) is 2. The molecule has 0 bridgehead atoms. The van der Waals surface area contributed by atoms with Crippen molar-refractivity contribution in [1.82, 2.24) is 15.1 Å². The first-order valence-corrected chi connectivity index (χ1v) is 10.5. The molecular weight excluding hydrogens is 399 g/mol. The number of hydrogen-bond acceptors (Lipinski definition) is 5. The van der Waals surface area contributed by atoms with Gasteiger partial charge in [-0.05, 0) is 68.8 Å². The molecule has 1 aromatic heterocycles. The summed E-state index contributed by atoms with van der Waals surface area (Å²) in [7, 11) is 0. The molecule has 1 fully saturated rings. The lowest BCUT2D eigenvalue weighted by atomic mass is 9.89. The number of H-pyrrole nitrogens is 1. The fraction of sp³-hybridized carbons (Fsp3) is 0.348. The number of rotatable bonds is 7. The molecule has 2 N–H and O–H groups in total. The van der Waals surface area contributed by atoms with Crippen molar-refractivity contribution in [3.63, 3.8) is 0 Å². The van der Waals surface area contributed by atoms with E-state index in [1.54, 1.807) is 24.4 Å². The molecule has 0 radical (unpaired) electrons. The zero-order chi connectivity index (χ0) is 21.6. The Hall–Kier alpha value is -3.26. The second-order valence-corrected chi connectivity index (χ2v) is 7.74. The molecule has 0 aliphatic carbocycles. The number of fused-ring (bicyclic) bond motifs is 1. The Labute approximate surface area is 179 Å². The molecule has 1 aliphatic rings. The SMILES string of the molecule is O=C(Nc1cccc2[nH]ncc12)OCCCN1CCC(C(=O)c2ccc(F)cc2)CC1. The van der Waals surface area contributed by atoms with Crippen LogP contribution in [0.3, 0.4) is 0 Å². The summed E-state index contributed by atoms with van der Waals surface area (Å²) in [5.74, 6) is -0.262. The maximum Gasteiger partial charge on any atom is 0.411 e. The van der Waals surface area contributed by atoms with Gasteiger partial charge in [0.1, 0.15) is 5.82 Å². The normalized spacial score (nSPS) is 15.1. The quantitative estimate of drug-likeness (QED) is 0.438. The Morgan fingerprint density at radius 3 is 2.71 bits per heavy atom. The molecule has 0 unspecified atom stereocenters. The van der Waals surface area contributed by atoms with E-state index in [-0.39, 0.29) is 17.5 Å². The van der Waals surface area contributed by atoms with Crippen LogP contribution in [0.4, 0.5) is 14.9 Å². The number of hydrogen-bond donors (Lipinski definition) is 2. The van der Waals surface area contributed by atoms with Gasteiger partial charge in [0.15, 0.2) is 5.78 Å². The Bertz CT molecular complexity index is 1040. The van der Waals surface area contributed by atoms with Crippen LogP contribution in [-0.4, -0.2) is 53.2 Å². The highest BCUT2D eigenvalue weighted by molar-refractivity contribution is 5.98. The Balaban J connectivity index is 1.15. The van der Waals surface area contributed by atoms with Gasteiger partial charge in [-0.3, -0.25) is 15.2 Å². The number of nitrogens with one attached hydrogen (secondary N) is 2. The number of ketones is 1. The largest absolute Gasteiger partial charge is 0.449 e. The van der Waals surface area contributed by atoms with E-state index in [1.165, 1.54) is 12.1 Å². The van der Waals surface area contributed by atoms with E-state index in [9.17, 15) is 14.0 Å². The van der Waals surface area contributed by atoms with E-state index in [1.807, 2.05) is 12.1 Å². The molecule has 7 nitrogen and oxygen atoms in total. The number of benzene rings is 2. The van der Waals surface area contributed by atoms with Crippen LogP contribution in [0.2, 0.25) is 0 Å². The molecule has 162 valence electrons. The van der Waals surface area contributed by atoms with E-state index in [2.05, 4.69) is 20.4 Å². The van der Waals surface area contributed by atoms with Gasteiger partial charge in [-0.25, -0.2) is 9.18 Å². The monoisotopic (exact) mass is 424 g/mol. The fourth-order valence-electron chi connectivity index (χ4n) is 3.94. The first-order chi connectivity index (χ1) is 15.1. The lowest BCUT2D eigenvalue weighted by Crippen LogP contribution is -2.37. The lowest BCUT2D eigenvalue weighted by molar-refractivity contribution is 0.0830. The number of carbonyl (C=O) groups is 2. The maximum atomic E-state index is 13.0. The number of aromatic amines is 1. The molecule has 2 heterocycles. The molecule has 0 atom stereocenters. The summed E-state index contributed by atoms with van der Waals surface area (Å²) in [6.45, 7) is 2.78. The summed E-state index contributed by atoms with van der Waals surface area (Å²) < 4.78 is 18.3. The van der Waals surface area contributed by atoms with Gasteiger partial charge in [0.2, 0.25) is 0 Å². The van der Waals surface area contributed by atoms with Crippen LogP contribution in [0.1, 0.15) is 29.6 Å². The van der Waals surface area contributed by atoms with Crippen molar-refractivity contribution < 1.29 is 18.7 Å². The Morgan fingerprint density at radius 1 is 1.16 bits per heavy atom. The molecule has 31 heavy (non-hydrogen) atoms. The first kappa shape index (κ1) is 21.0. The minimum Gasteiger partial charge on any atom is -0.449 e. The van der Waals surface area contributed by atoms with Gasteiger partial charge in [-0.1, -0.05) is 6.07 Å². The molecule has 0 spiro atoms. The molecule has 3 aromatic rings. The number of amides is 1. The summed E-state index contributed by atoms with van der Waals surface area (Å²) in [6.07, 6.45) is 3.46. The van der Waals surface area contributed by atoms with Crippen molar-refractivity contribution in [3.8, 4) is 0 Å². The molecule has 4 rings (SSSR count). The molecule has 1 amide bonds. The van der Waals surface area contributed by atoms with Gasteiger partial charge in [0.05, 0.1) is 24.0 Å². The Kier molecular flexibility index (Phi) is 6.57. The van der Waals surface area contributed by atoms with Crippen molar-refractivity contribution >= 4 is 28.5 Å². The predicted molar refractivity (Wildman–Crippen MR) is 116 cm³/mol. The second-order valence-electron chi connectivity index (χ2n) is 7.74. The Morgan fingerprint density at radius 2 is 1.94 bits per heavy atom. The first-order valence-electron chi connectivity index (χ1n) is 10.5. The van der Waals surface area contributed by atoms with Gasteiger partial charge in [0, 0.05) is 23.4 Å². The number of aromatic nitrogens is 2. The van der Waals surface area contributed by atoms with Crippen LogP contribution in [0.5, 0.6) is 0 Å². The standard InChI is InChI=1S/C23H25FN4O3/c24-18-7-5-16(6-8-18)22(29)17-9-12-28(13-10-17)11-2-14-31-23(30)26-20-3-1-4-21-19(20)15-25-27-21/h1,3-8,15,17H,2,9-14H2,(H,25,27)(H,26,30). The van der Waals surface area contributed by atoms with Crippen LogP contribution in [0.15, 0.2) is 48.7 Å². The highest BCUT2D eigenvalue weighted by Crippen LogP contribution is 2.23. The number of carbonyl (C=O) groups excluding carboxylic acids is 2. The number of likely N-dealkylation sites (tertiary alicyclic amines) is 1. The maximum absolute atomic E-state index is 13.0.